The highest BCUT2D eigenvalue weighted by molar-refractivity contribution is 7.80. The number of carboxylic acid groups (broad SMARTS) is 1. The largest absolute Gasteiger partial charge is 0.480 e. The lowest BCUT2D eigenvalue weighted by molar-refractivity contribution is -0.142. The number of aliphatic carboxylic acids is 1. The molecule has 30 heteroatoms. The van der Waals surface area contributed by atoms with Gasteiger partial charge in [0.25, 0.3) is 0 Å². The fourth-order valence-electron chi connectivity index (χ4n) is 8.25. The number of aromatic amines is 2. The van der Waals surface area contributed by atoms with Gasteiger partial charge in [-0.1, -0.05) is 36.4 Å². The summed E-state index contributed by atoms with van der Waals surface area (Å²) >= 11 is 4.36. The quantitative estimate of drug-likeness (QED) is 0.00915. The van der Waals surface area contributed by atoms with Gasteiger partial charge in [-0.2, -0.15) is 12.6 Å². The highest BCUT2D eigenvalue weighted by Gasteiger charge is 2.34. The van der Waals surface area contributed by atoms with Gasteiger partial charge in [0.2, 0.25) is 35.4 Å². The van der Waals surface area contributed by atoms with Crippen LogP contribution in [0.15, 0.2) is 80.9 Å². The number of rotatable bonds is 34. The van der Waals surface area contributed by atoms with Crippen LogP contribution < -0.4 is 83.5 Å². The first-order chi connectivity index (χ1) is 37.7. The van der Waals surface area contributed by atoms with E-state index in [4.69, 9.17) is 51.6 Å². The molecule has 29 nitrogen and oxygen atoms in total. The second-order valence-corrected chi connectivity index (χ2v) is 18.8. The van der Waals surface area contributed by atoms with E-state index in [0.29, 0.717) is 17.5 Å². The number of carbonyl (C=O) groups is 7. The molecule has 2 aromatic heterocycles. The van der Waals surface area contributed by atoms with Gasteiger partial charge in [0, 0.05) is 79.0 Å². The van der Waals surface area contributed by atoms with Crippen molar-refractivity contribution < 1.29 is 38.7 Å². The normalized spacial score (nSPS) is 13.6. The van der Waals surface area contributed by atoms with E-state index in [1.54, 1.807) is 24.5 Å². The minimum atomic E-state index is -1.44. The number of nitrogens with zero attached hydrogens (tertiary/aromatic N) is 4. The Morgan fingerprint density at radius 3 is 1.16 bits per heavy atom. The van der Waals surface area contributed by atoms with Crippen LogP contribution in [0.25, 0.3) is 21.8 Å². The number of H-pyrrole nitrogens is 2. The maximum Gasteiger partial charge on any atom is 0.326 e. The van der Waals surface area contributed by atoms with Crippen molar-refractivity contribution in [1.82, 2.24) is 41.9 Å². The van der Waals surface area contributed by atoms with E-state index < -0.39 is 83.7 Å². The summed E-state index contributed by atoms with van der Waals surface area (Å²) in [5, 5.41) is 27.4. The van der Waals surface area contributed by atoms with Gasteiger partial charge in [-0.3, -0.25) is 48.7 Å². The number of nitrogens with two attached hydrogens (primary N) is 9. The first kappa shape index (κ1) is 62.7. The average molecular weight is 1120 g/mol. The summed E-state index contributed by atoms with van der Waals surface area (Å²) in [6.45, 7) is 0.456. The Balaban J connectivity index is 1.67. The number of guanidine groups is 4. The number of aliphatic imine (C=N–C) groups is 4. The lowest BCUT2D eigenvalue weighted by Crippen LogP contribution is -2.60. The summed E-state index contributed by atoms with van der Waals surface area (Å²) in [6, 6.07) is 5.17. The minimum Gasteiger partial charge on any atom is -0.480 e. The SMILES string of the molecule is NC(N)=NCCC[C@H](NC(=O)[C@H](CCCN=C(N)N)NC(=O)[C@H](CS)NC(=O)[C@H](Cc1c[nH]c2ccccc12)NC(=O)[C@H](Cc1c[nH]c2ccccc12)NC(=O)[C@H](CCCN=C(N)N)NC(=O)[C@@H](N)CCCN=C(N)N)C(=O)O. The number of nitrogens with one attached hydrogen (secondary N) is 8. The lowest BCUT2D eigenvalue weighted by Gasteiger charge is -2.27. The van der Waals surface area contributed by atoms with Crippen LogP contribution in [0.4, 0.5) is 0 Å². The fourth-order valence-corrected chi connectivity index (χ4v) is 8.51. The van der Waals surface area contributed by atoms with Crippen LogP contribution in [0, 0.1) is 0 Å². The number of benzene rings is 2. The standard InChI is InChI=1S/C49H75N21O8S/c50-30(11-5-17-59-46(51)52)39(71)65-33(14-6-18-60-47(53)54)41(73)68-36(21-26-23-63-31-12-3-1-9-28(26)31)42(74)69-37(22-27-24-64-32-13-4-2-10-29(27)32)43(75)70-38(25-79)44(76)66-34(15-7-19-61-48(55)56)40(72)67-35(45(77)78)16-8-20-62-49(57)58/h1-4,9-10,12-13,23-24,30,33-38,63-64,79H,5-8,11,14-22,25,50H2,(H,65,71)(H,66,76)(H,67,72)(H,68,73)(H,69,74)(H,70,75)(H,77,78)(H4,51,52,59)(H4,53,54,60)(H4,55,56,61)(H4,57,58,62)/t30-,33-,34-,35-,36-,37-,38-/m0/s1. The number of carbonyl (C=O) groups excluding carboxylic acids is 6. The zero-order chi connectivity index (χ0) is 58.0. The third-order valence-electron chi connectivity index (χ3n) is 12.3. The van der Waals surface area contributed by atoms with Crippen molar-refractivity contribution in [2.45, 2.75) is 107 Å². The molecule has 7 atom stereocenters. The molecule has 0 aliphatic rings. The number of amides is 6. The predicted molar refractivity (Wildman–Crippen MR) is 305 cm³/mol. The monoisotopic (exact) mass is 1120 g/mol. The molecule has 0 spiro atoms. The molecule has 6 amide bonds. The Hall–Kier alpha value is -8.80. The maximum absolute atomic E-state index is 14.9. The fraction of sp³-hybridized carbons (Fsp3) is 0.449. The zero-order valence-electron chi connectivity index (χ0n) is 43.7. The third kappa shape index (κ3) is 21.3. The molecule has 0 aliphatic carbocycles. The number of aromatic nitrogens is 2. The second kappa shape index (κ2) is 32.1. The van der Waals surface area contributed by atoms with E-state index in [2.05, 4.69) is 74.5 Å². The molecule has 0 radical (unpaired) electrons. The van der Waals surface area contributed by atoms with Gasteiger partial charge in [-0.25, -0.2) is 4.79 Å². The molecule has 4 aromatic rings. The molecule has 0 fully saturated rings. The molecular weight excluding hydrogens is 1040 g/mol. The van der Waals surface area contributed by atoms with Crippen molar-refractivity contribution in [1.29, 1.82) is 0 Å². The predicted octanol–water partition coefficient (Wildman–Crippen LogP) is -4.10. The number of hydrogen-bond donors (Lipinski definition) is 19. The van der Waals surface area contributed by atoms with Crippen molar-refractivity contribution in [2.75, 3.05) is 31.9 Å². The Morgan fingerprint density at radius 1 is 0.456 bits per heavy atom. The van der Waals surface area contributed by atoms with Gasteiger partial charge in [-0.15, -0.1) is 0 Å². The first-order valence-corrected chi connectivity index (χ1v) is 26.0. The van der Waals surface area contributed by atoms with Crippen LogP contribution in [-0.2, 0) is 46.4 Å². The number of thiol groups is 1. The molecule has 79 heavy (non-hydrogen) atoms. The summed E-state index contributed by atoms with van der Waals surface area (Å²) < 4.78 is 0. The van der Waals surface area contributed by atoms with E-state index in [-0.39, 0.29) is 114 Å². The van der Waals surface area contributed by atoms with Crippen LogP contribution in [0.5, 0.6) is 0 Å². The Bertz CT molecular complexity index is 2820. The highest BCUT2D eigenvalue weighted by atomic mass is 32.1. The Labute approximate surface area is 460 Å². The molecule has 430 valence electrons. The minimum absolute atomic E-state index is 0.00882. The van der Waals surface area contributed by atoms with Crippen LogP contribution in [-0.4, -0.2) is 155 Å². The molecular formula is C49H75N21O8S. The van der Waals surface area contributed by atoms with Gasteiger partial charge in [0.15, 0.2) is 23.8 Å². The summed E-state index contributed by atoms with van der Waals surface area (Å²) in [5.41, 5.74) is 52.6. The van der Waals surface area contributed by atoms with E-state index in [0.717, 1.165) is 21.8 Å². The van der Waals surface area contributed by atoms with Gasteiger partial charge in [0.05, 0.1) is 6.04 Å². The van der Waals surface area contributed by atoms with Crippen LogP contribution in [0.3, 0.4) is 0 Å². The molecule has 0 aliphatic heterocycles. The number of hydrogen-bond acceptors (Lipinski definition) is 13. The van der Waals surface area contributed by atoms with Crippen molar-refractivity contribution in [3.05, 3.63) is 72.1 Å². The van der Waals surface area contributed by atoms with Crippen molar-refractivity contribution in [3.63, 3.8) is 0 Å². The number of carboxylic acids is 1. The van der Waals surface area contributed by atoms with E-state index >= 15 is 0 Å². The molecule has 2 heterocycles. The molecule has 27 N–H and O–H groups in total. The summed E-state index contributed by atoms with van der Waals surface area (Å²) in [6.07, 6.45) is 4.06. The molecule has 0 saturated heterocycles. The van der Waals surface area contributed by atoms with E-state index in [1.165, 1.54) is 0 Å². The topological polar surface area (TPSA) is 527 Å². The maximum atomic E-state index is 14.9. The average Bonchev–Trinajstić information content (AvgIpc) is 4.11. The van der Waals surface area contributed by atoms with Crippen molar-refractivity contribution in [2.24, 2.45) is 71.6 Å². The van der Waals surface area contributed by atoms with Gasteiger partial charge in [0.1, 0.15) is 36.3 Å². The summed E-state index contributed by atoms with van der Waals surface area (Å²) in [5.74, 6) is -7.23. The molecule has 2 aromatic carbocycles. The lowest BCUT2D eigenvalue weighted by atomic mass is 10.0. The van der Waals surface area contributed by atoms with Gasteiger partial charge >= 0.3 is 5.97 Å². The molecule has 0 unspecified atom stereocenters. The van der Waals surface area contributed by atoms with Crippen LogP contribution in [0.2, 0.25) is 0 Å². The summed E-state index contributed by atoms with van der Waals surface area (Å²) in [4.78, 5) is 120. The van der Waals surface area contributed by atoms with E-state index in [1.807, 2.05) is 36.4 Å². The van der Waals surface area contributed by atoms with Gasteiger partial charge in [-0.05, 0) is 74.6 Å². The third-order valence-corrected chi connectivity index (χ3v) is 12.7. The smallest absolute Gasteiger partial charge is 0.326 e. The van der Waals surface area contributed by atoms with Crippen molar-refractivity contribution in [3.8, 4) is 0 Å². The zero-order valence-corrected chi connectivity index (χ0v) is 44.6. The van der Waals surface area contributed by atoms with Crippen molar-refractivity contribution >= 4 is 99.7 Å². The van der Waals surface area contributed by atoms with Crippen LogP contribution >= 0.6 is 12.6 Å². The molecule has 0 saturated carbocycles. The first-order valence-electron chi connectivity index (χ1n) is 25.4. The molecule has 0 bridgehead atoms. The Kier molecular flexibility index (Phi) is 25.5. The molecule has 4 rings (SSSR count). The Morgan fingerprint density at radius 2 is 0.772 bits per heavy atom. The number of fused-ring (bicyclic) bond motifs is 2. The second-order valence-electron chi connectivity index (χ2n) is 18.4. The highest BCUT2D eigenvalue weighted by Crippen LogP contribution is 2.22. The van der Waals surface area contributed by atoms with Crippen LogP contribution in [0.1, 0.15) is 62.5 Å². The van der Waals surface area contributed by atoms with Gasteiger partial charge < -0.3 is 98.6 Å². The summed E-state index contributed by atoms with van der Waals surface area (Å²) in [7, 11) is 0. The van der Waals surface area contributed by atoms with E-state index in [9.17, 15) is 38.7 Å². The number of para-hydroxylation sites is 2.